The van der Waals surface area contributed by atoms with Crippen molar-refractivity contribution < 1.29 is 9.53 Å². The summed E-state index contributed by atoms with van der Waals surface area (Å²) in [6.45, 7) is 12.2. The molecule has 0 atom stereocenters. The number of carbonyl (C=O) groups excluding carboxylic acids is 1. The van der Waals surface area contributed by atoms with Crippen molar-refractivity contribution in [1.29, 1.82) is 0 Å². The zero-order valence-electron chi connectivity index (χ0n) is 18.4. The highest BCUT2D eigenvalue weighted by atomic mass is 16.5. The highest BCUT2D eigenvalue weighted by molar-refractivity contribution is 5.99. The SMILES string of the molecule is CC(C)(Oc1ccc(C(C)(C)C)cc1)C(=O)Nc1ccccc1N1CCCCC1. The molecule has 1 aliphatic rings. The van der Waals surface area contributed by atoms with Crippen LogP contribution in [0.15, 0.2) is 48.5 Å². The smallest absolute Gasteiger partial charge is 0.268 e. The number of hydrogen-bond acceptors (Lipinski definition) is 3. The number of ether oxygens (including phenoxy) is 1. The maximum absolute atomic E-state index is 13.0. The van der Waals surface area contributed by atoms with E-state index in [0.29, 0.717) is 5.75 Å². The minimum absolute atomic E-state index is 0.0869. The van der Waals surface area contributed by atoms with Crippen molar-refractivity contribution in [3.05, 3.63) is 54.1 Å². The Labute approximate surface area is 175 Å². The van der Waals surface area contributed by atoms with Gasteiger partial charge in [0.15, 0.2) is 5.60 Å². The van der Waals surface area contributed by atoms with Gasteiger partial charge in [-0.15, -0.1) is 0 Å². The third-order valence-electron chi connectivity index (χ3n) is 5.49. The van der Waals surface area contributed by atoms with Crippen LogP contribution in [0, 0.1) is 0 Å². The lowest BCUT2D eigenvalue weighted by Gasteiger charge is -2.31. The maximum Gasteiger partial charge on any atom is 0.268 e. The van der Waals surface area contributed by atoms with Crippen molar-refractivity contribution in [2.75, 3.05) is 23.3 Å². The Morgan fingerprint density at radius 1 is 0.897 bits per heavy atom. The number of anilines is 2. The Kier molecular flexibility index (Phi) is 6.21. The summed E-state index contributed by atoms with van der Waals surface area (Å²) in [6, 6.07) is 16.1. The average molecular weight is 395 g/mol. The number of benzene rings is 2. The van der Waals surface area contributed by atoms with E-state index in [1.54, 1.807) is 0 Å². The molecule has 1 N–H and O–H groups in total. The van der Waals surface area contributed by atoms with Gasteiger partial charge in [0.1, 0.15) is 5.75 Å². The quantitative estimate of drug-likeness (QED) is 0.700. The first-order valence-electron chi connectivity index (χ1n) is 10.6. The number of piperidine rings is 1. The molecule has 4 nitrogen and oxygen atoms in total. The van der Waals surface area contributed by atoms with E-state index in [1.165, 1.54) is 24.8 Å². The fourth-order valence-electron chi connectivity index (χ4n) is 3.63. The molecule has 0 saturated carbocycles. The van der Waals surface area contributed by atoms with Gasteiger partial charge in [-0.05, 0) is 68.4 Å². The predicted octanol–water partition coefficient (Wildman–Crippen LogP) is 5.77. The largest absolute Gasteiger partial charge is 0.478 e. The first-order valence-corrected chi connectivity index (χ1v) is 10.6. The van der Waals surface area contributed by atoms with Crippen molar-refractivity contribution in [1.82, 2.24) is 0 Å². The zero-order chi connectivity index (χ0) is 21.1. The molecular weight excluding hydrogens is 360 g/mol. The van der Waals surface area contributed by atoms with Crippen molar-refractivity contribution >= 4 is 17.3 Å². The van der Waals surface area contributed by atoms with Gasteiger partial charge < -0.3 is 15.0 Å². The van der Waals surface area contributed by atoms with Crippen LogP contribution in [0.4, 0.5) is 11.4 Å². The van der Waals surface area contributed by atoms with Crippen molar-refractivity contribution in [2.24, 2.45) is 0 Å². The van der Waals surface area contributed by atoms with Gasteiger partial charge in [0, 0.05) is 13.1 Å². The van der Waals surface area contributed by atoms with E-state index in [4.69, 9.17) is 4.74 Å². The van der Waals surface area contributed by atoms with Gasteiger partial charge in [-0.3, -0.25) is 4.79 Å². The molecule has 1 aliphatic heterocycles. The van der Waals surface area contributed by atoms with Crippen LogP contribution in [0.3, 0.4) is 0 Å². The van der Waals surface area contributed by atoms with Gasteiger partial charge in [0.2, 0.25) is 0 Å². The maximum atomic E-state index is 13.0. The van der Waals surface area contributed by atoms with Crippen LogP contribution in [0.1, 0.15) is 59.4 Å². The molecule has 0 aliphatic carbocycles. The fourth-order valence-corrected chi connectivity index (χ4v) is 3.63. The van der Waals surface area contributed by atoms with Gasteiger partial charge in [-0.1, -0.05) is 45.0 Å². The molecule has 29 heavy (non-hydrogen) atoms. The molecule has 4 heteroatoms. The van der Waals surface area contributed by atoms with Gasteiger partial charge in [-0.2, -0.15) is 0 Å². The number of nitrogens with zero attached hydrogens (tertiary/aromatic N) is 1. The average Bonchev–Trinajstić information content (AvgIpc) is 2.68. The number of hydrogen-bond donors (Lipinski definition) is 1. The summed E-state index contributed by atoms with van der Waals surface area (Å²) in [5.41, 5.74) is 2.27. The molecule has 1 amide bonds. The van der Waals surface area contributed by atoms with E-state index < -0.39 is 5.60 Å². The number of nitrogens with one attached hydrogen (secondary N) is 1. The van der Waals surface area contributed by atoms with Crippen LogP contribution in [0.2, 0.25) is 0 Å². The van der Waals surface area contributed by atoms with E-state index in [9.17, 15) is 4.79 Å². The highest BCUT2D eigenvalue weighted by Gasteiger charge is 2.31. The minimum atomic E-state index is -0.988. The Bertz CT molecular complexity index is 829. The minimum Gasteiger partial charge on any atom is -0.478 e. The molecule has 1 heterocycles. The van der Waals surface area contributed by atoms with Crippen molar-refractivity contribution in [3.63, 3.8) is 0 Å². The van der Waals surface area contributed by atoms with Gasteiger partial charge in [-0.25, -0.2) is 0 Å². The number of rotatable bonds is 5. The second-order valence-corrected chi connectivity index (χ2v) is 9.41. The van der Waals surface area contributed by atoms with Crippen LogP contribution in [0.25, 0.3) is 0 Å². The lowest BCUT2D eigenvalue weighted by molar-refractivity contribution is -0.128. The molecule has 0 unspecified atom stereocenters. The Morgan fingerprint density at radius 3 is 2.14 bits per heavy atom. The normalized spacial score (nSPS) is 15.1. The van der Waals surface area contributed by atoms with E-state index in [2.05, 4.69) is 49.2 Å². The van der Waals surface area contributed by atoms with Crippen molar-refractivity contribution in [2.45, 2.75) is 64.9 Å². The standard InChI is InChI=1S/C25H34N2O2/c1-24(2,3)19-13-15-20(16-14-19)29-25(4,5)23(28)26-21-11-7-8-12-22(21)27-17-9-6-10-18-27/h7-8,11-16H,6,9-10,17-18H2,1-5H3,(H,26,28). The van der Waals surface area contributed by atoms with E-state index in [0.717, 1.165) is 24.5 Å². The Hall–Kier alpha value is -2.49. The summed E-state index contributed by atoms with van der Waals surface area (Å²) in [5.74, 6) is 0.546. The molecule has 3 rings (SSSR count). The molecule has 0 radical (unpaired) electrons. The second-order valence-electron chi connectivity index (χ2n) is 9.41. The predicted molar refractivity (Wildman–Crippen MR) is 121 cm³/mol. The van der Waals surface area contributed by atoms with Gasteiger partial charge in [0.25, 0.3) is 5.91 Å². The number of para-hydroxylation sites is 2. The van der Waals surface area contributed by atoms with Crippen LogP contribution in [-0.2, 0) is 10.2 Å². The zero-order valence-corrected chi connectivity index (χ0v) is 18.4. The molecule has 2 aromatic carbocycles. The van der Waals surface area contributed by atoms with E-state index in [-0.39, 0.29) is 11.3 Å². The number of amides is 1. The third kappa shape index (κ3) is 5.31. The summed E-state index contributed by atoms with van der Waals surface area (Å²) in [6.07, 6.45) is 3.67. The fraction of sp³-hybridized carbons (Fsp3) is 0.480. The lowest BCUT2D eigenvalue weighted by atomic mass is 9.87. The molecular formula is C25H34N2O2. The highest BCUT2D eigenvalue weighted by Crippen LogP contribution is 2.30. The molecule has 1 fully saturated rings. The summed E-state index contributed by atoms with van der Waals surface area (Å²) < 4.78 is 6.06. The Morgan fingerprint density at radius 2 is 1.52 bits per heavy atom. The second kappa shape index (κ2) is 8.48. The van der Waals surface area contributed by atoms with Crippen LogP contribution in [-0.4, -0.2) is 24.6 Å². The van der Waals surface area contributed by atoms with Gasteiger partial charge in [0.05, 0.1) is 11.4 Å². The van der Waals surface area contributed by atoms with Crippen LogP contribution >= 0.6 is 0 Å². The van der Waals surface area contributed by atoms with Gasteiger partial charge >= 0.3 is 0 Å². The van der Waals surface area contributed by atoms with Crippen LogP contribution in [0.5, 0.6) is 5.75 Å². The summed E-state index contributed by atoms with van der Waals surface area (Å²) in [7, 11) is 0. The molecule has 2 aromatic rings. The van der Waals surface area contributed by atoms with E-state index in [1.807, 2.05) is 44.2 Å². The first kappa shape index (κ1) is 21.2. The molecule has 0 spiro atoms. The number of carbonyl (C=O) groups is 1. The lowest BCUT2D eigenvalue weighted by Crippen LogP contribution is -2.43. The monoisotopic (exact) mass is 394 g/mol. The summed E-state index contributed by atoms with van der Waals surface area (Å²) in [4.78, 5) is 15.4. The topological polar surface area (TPSA) is 41.6 Å². The molecule has 1 saturated heterocycles. The summed E-state index contributed by atoms with van der Waals surface area (Å²) >= 11 is 0. The third-order valence-corrected chi connectivity index (χ3v) is 5.49. The van der Waals surface area contributed by atoms with E-state index >= 15 is 0 Å². The molecule has 0 bridgehead atoms. The van der Waals surface area contributed by atoms with Crippen LogP contribution < -0.4 is 15.0 Å². The Balaban J connectivity index is 1.71. The molecule has 156 valence electrons. The van der Waals surface area contributed by atoms with Crippen molar-refractivity contribution in [3.8, 4) is 5.75 Å². The first-order chi connectivity index (χ1) is 13.7. The summed E-state index contributed by atoms with van der Waals surface area (Å²) in [5, 5.41) is 3.10. The molecule has 0 aromatic heterocycles.